The number of phenols is 1. The molecule has 0 amide bonds. The number of allylic oxidation sites excluding steroid dienone is 1. The number of fused-ring (bicyclic) bond motifs is 1. The third-order valence-corrected chi connectivity index (χ3v) is 7.36. The van der Waals surface area contributed by atoms with E-state index in [0.29, 0.717) is 45.1 Å². The van der Waals surface area contributed by atoms with Crippen LogP contribution in [0, 0.1) is 0 Å². The van der Waals surface area contributed by atoms with Gasteiger partial charge in [0.05, 0.1) is 41.2 Å². The van der Waals surface area contributed by atoms with Gasteiger partial charge in [-0.3, -0.25) is 9.36 Å². The molecule has 0 bridgehead atoms. The average molecular weight is 565 g/mol. The van der Waals surface area contributed by atoms with Crippen molar-refractivity contribution in [1.29, 1.82) is 0 Å². The second-order valence-corrected chi connectivity index (χ2v) is 10.8. The van der Waals surface area contributed by atoms with E-state index in [9.17, 15) is 14.7 Å². The first kappa shape index (κ1) is 29.1. The first-order valence-corrected chi connectivity index (χ1v) is 14.5. The molecule has 9 heteroatoms. The molecule has 1 aliphatic heterocycles. The molecule has 1 aromatic heterocycles. The lowest BCUT2D eigenvalue weighted by atomic mass is 9.96. The Labute approximate surface area is 237 Å². The van der Waals surface area contributed by atoms with Crippen molar-refractivity contribution in [3.05, 3.63) is 84.5 Å². The number of aromatic nitrogens is 1. The number of thiazole rings is 1. The summed E-state index contributed by atoms with van der Waals surface area (Å²) in [4.78, 5) is 32.3. The van der Waals surface area contributed by atoms with Crippen LogP contribution in [0.5, 0.6) is 17.2 Å². The first-order valence-electron chi connectivity index (χ1n) is 13.7. The van der Waals surface area contributed by atoms with Gasteiger partial charge in [0.25, 0.3) is 5.56 Å². The van der Waals surface area contributed by atoms with Gasteiger partial charge in [0.2, 0.25) is 0 Å². The fourth-order valence-corrected chi connectivity index (χ4v) is 5.55. The molecule has 0 aliphatic carbocycles. The van der Waals surface area contributed by atoms with Crippen LogP contribution in [0.2, 0.25) is 0 Å². The van der Waals surface area contributed by atoms with Gasteiger partial charge in [-0.05, 0) is 75.6 Å². The Hall–Kier alpha value is -3.85. The molecule has 0 saturated heterocycles. The van der Waals surface area contributed by atoms with Crippen LogP contribution in [-0.2, 0) is 9.53 Å². The largest absolute Gasteiger partial charge is 0.504 e. The second kappa shape index (κ2) is 13.0. The monoisotopic (exact) mass is 564 g/mol. The molecule has 2 aromatic carbocycles. The zero-order valence-corrected chi connectivity index (χ0v) is 24.4. The molecule has 0 radical (unpaired) electrons. The number of ether oxygens (including phenoxy) is 3. The molecule has 0 spiro atoms. The lowest BCUT2D eigenvalue weighted by Crippen LogP contribution is -2.40. The van der Waals surface area contributed by atoms with E-state index in [4.69, 9.17) is 14.2 Å². The number of phenolic OH excluding ortho intramolecular Hbond substituents is 1. The summed E-state index contributed by atoms with van der Waals surface area (Å²) in [6, 6.07) is 11.7. The van der Waals surface area contributed by atoms with E-state index >= 15 is 0 Å². The van der Waals surface area contributed by atoms with Crippen molar-refractivity contribution in [1.82, 2.24) is 4.57 Å². The number of nitrogens with zero attached hydrogens (tertiary/aromatic N) is 2. The summed E-state index contributed by atoms with van der Waals surface area (Å²) in [7, 11) is 0. The molecule has 1 aliphatic rings. The van der Waals surface area contributed by atoms with Gasteiger partial charge in [-0.25, -0.2) is 9.79 Å². The predicted octanol–water partition coefficient (Wildman–Crippen LogP) is 4.86. The first-order chi connectivity index (χ1) is 19.2. The Morgan fingerprint density at radius 3 is 2.55 bits per heavy atom. The van der Waals surface area contributed by atoms with E-state index < -0.39 is 12.0 Å². The van der Waals surface area contributed by atoms with Crippen LogP contribution in [0.3, 0.4) is 0 Å². The number of aromatic hydroxyl groups is 1. The molecule has 1 N–H and O–H groups in total. The maximum absolute atomic E-state index is 13.8. The van der Waals surface area contributed by atoms with E-state index in [0.717, 1.165) is 30.6 Å². The lowest BCUT2D eigenvalue weighted by Gasteiger charge is -2.25. The normalized spacial score (nSPS) is 15.2. The highest BCUT2D eigenvalue weighted by Gasteiger charge is 2.33. The van der Waals surface area contributed by atoms with Crippen LogP contribution in [0.1, 0.15) is 71.0 Å². The minimum atomic E-state index is -0.711. The summed E-state index contributed by atoms with van der Waals surface area (Å²) in [5.74, 6) is 0.600. The smallest absolute Gasteiger partial charge is 0.338 e. The summed E-state index contributed by atoms with van der Waals surface area (Å²) in [6.07, 6.45) is 4.62. The number of hydrogen-bond donors (Lipinski definition) is 1. The molecule has 4 rings (SSSR count). The van der Waals surface area contributed by atoms with Crippen LogP contribution < -0.4 is 24.4 Å². The molecule has 0 fully saturated rings. The van der Waals surface area contributed by atoms with Crippen molar-refractivity contribution in [2.75, 3.05) is 13.2 Å². The molecular formula is C31H36N2O6S. The van der Waals surface area contributed by atoms with Gasteiger partial charge in [0.15, 0.2) is 16.3 Å². The highest BCUT2D eigenvalue weighted by molar-refractivity contribution is 7.07. The van der Waals surface area contributed by atoms with E-state index in [1.54, 1.807) is 43.5 Å². The number of unbranched alkanes of at least 4 members (excludes halogenated alkanes) is 2. The van der Waals surface area contributed by atoms with Gasteiger partial charge in [0, 0.05) is 0 Å². The Balaban J connectivity index is 1.80. The maximum Gasteiger partial charge on any atom is 0.338 e. The van der Waals surface area contributed by atoms with Crippen molar-refractivity contribution in [3.8, 4) is 17.2 Å². The highest BCUT2D eigenvalue weighted by atomic mass is 32.1. The fraction of sp³-hybridized carbons (Fsp3) is 0.387. The van der Waals surface area contributed by atoms with E-state index in [-0.39, 0.29) is 17.4 Å². The quantitative estimate of drug-likeness (QED) is 0.264. The summed E-state index contributed by atoms with van der Waals surface area (Å²) in [5, 5.41) is 10.1. The Morgan fingerprint density at radius 2 is 1.88 bits per heavy atom. The molecular weight excluding hydrogens is 528 g/mol. The van der Waals surface area contributed by atoms with Crippen molar-refractivity contribution >= 4 is 23.4 Å². The van der Waals surface area contributed by atoms with Crippen molar-refractivity contribution in [2.24, 2.45) is 4.99 Å². The molecule has 8 nitrogen and oxygen atoms in total. The molecule has 212 valence electrons. The van der Waals surface area contributed by atoms with Gasteiger partial charge < -0.3 is 19.3 Å². The minimum Gasteiger partial charge on any atom is -0.504 e. The Morgan fingerprint density at radius 1 is 1.12 bits per heavy atom. The molecule has 3 aromatic rings. The van der Waals surface area contributed by atoms with Crippen molar-refractivity contribution < 1.29 is 24.1 Å². The second-order valence-electron chi connectivity index (χ2n) is 9.82. The minimum absolute atomic E-state index is 0.0298. The Kier molecular flexibility index (Phi) is 9.47. The zero-order chi connectivity index (χ0) is 28.8. The van der Waals surface area contributed by atoms with Gasteiger partial charge in [-0.1, -0.05) is 49.3 Å². The molecule has 1 unspecified atom stereocenters. The summed E-state index contributed by atoms with van der Waals surface area (Å²) in [6.45, 7) is 10.4. The summed E-state index contributed by atoms with van der Waals surface area (Å²) < 4.78 is 19.0. The predicted molar refractivity (Wildman–Crippen MR) is 156 cm³/mol. The number of esters is 1. The average Bonchev–Trinajstić information content (AvgIpc) is 3.22. The van der Waals surface area contributed by atoms with Gasteiger partial charge in [-0.15, -0.1) is 0 Å². The topological polar surface area (TPSA) is 99.4 Å². The van der Waals surface area contributed by atoms with Crippen LogP contribution in [0.25, 0.3) is 6.08 Å². The van der Waals surface area contributed by atoms with Crippen LogP contribution >= 0.6 is 11.3 Å². The van der Waals surface area contributed by atoms with Crippen LogP contribution in [-0.4, -0.2) is 35.0 Å². The van der Waals surface area contributed by atoms with Crippen LogP contribution in [0.15, 0.2) is 63.5 Å². The number of benzene rings is 2. The van der Waals surface area contributed by atoms with Crippen LogP contribution in [0.4, 0.5) is 0 Å². The number of carbonyl (C=O) groups excluding carboxylic acids is 1. The van der Waals surface area contributed by atoms with Crippen molar-refractivity contribution in [2.45, 2.75) is 66.0 Å². The van der Waals surface area contributed by atoms with E-state index in [1.807, 2.05) is 31.2 Å². The number of rotatable bonds is 11. The van der Waals surface area contributed by atoms with E-state index in [1.165, 1.54) is 17.4 Å². The van der Waals surface area contributed by atoms with Crippen molar-refractivity contribution in [3.63, 3.8) is 0 Å². The third kappa shape index (κ3) is 6.47. The lowest BCUT2D eigenvalue weighted by molar-refractivity contribution is -0.143. The Bertz CT molecular complexity index is 1570. The molecule has 1 atom stereocenters. The van der Waals surface area contributed by atoms with Gasteiger partial charge in [0.1, 0.15) is 5.75 Å². The molecule has 2 heterocycles. The zero-order valence-electron chi connectivity index (χ0n) is 23.6. The van der Waals surface area contributed by atoms with E-state index in [2.05, 4.69) is 11.9 Å². The maximum atomic E-state index is 13.8. The third-order valence-electron chi connectivity index (χ3n) is 6.38. The fourth-order valence-electron chi connectivity index (χ4n) is 4.51. The molecule has 0 saturated carbocycles. The summed E-state index contributed by atoms with van der Waals surface area (Å²) >= 11 is 1.24. The molecule has 40 heavy (non-hydrogen) atoms. The van der Waals surface area contributed by atoms with Gasteiger partial charge >= 0.3 is 5.97 Å². The summed E-state index contributed by atoms with van der Waals surface area (Å²) in [5.41, 5.74) is 2.01. The SMILES string of the molecule is CCCCCOc1ccc(C2C(C(=O)OC(C)C)=C(C)N=c3sc(=Cc4ccc(O)c(OCC)c4)c(=O)n32)cc1. The number of hydrogen-bond acceptors (Lipinski definition) is 8. The standard InChI is InChI=1S/C31H36N2O6S/c1-6-8-9-16-38-23-13-11-22(12-14-23)28-27(30(36)39-19(3)4)20(5)32-31-33(28)29(35)26(40-31)18-21-10-15-24(34)25(17-21)37-7-2/h10-15,17-19,28,34H,6-9,16H2,1-5H3. The highest BCUT2D eigenvalue weighted by Crippen LogP contribution is 2.32. The van der Waals surface area contributed by atoms with Gasteiger partial charge in [-0.2, -0.15) is 0 Å². The number of carbonyl (C=O) groups is 1.